The van der Waals surface area contributed by atoms with Crippen molar-refractivity contribution in [3.8, 4) is 11.5 Å². The molecule has 0 aliphatic carbocycles. The maximum absolute atomic E-state index is 12.9. The Morgan fingerprint density at radius 3 is 2.62 bits per heavy atom. The fraction of sp³-hybridized carbons (Fsp3) is 0.280. The molecule has 6 nitrogen and oxygen atoms in total. The van der Waals surface area contributed by atoms with E-state index in [1.54, 1.807) is 24.4 Å². The van der Waals surface area contributed by atoms with E-state index in [0.29, 0.717) is 12.2 Å². The van der Waals surface area contributed by atoms with E-state index in [0.717, 1.165) is 36.6 Å². The number of ether oxygens (including phenoxy) is 2. The first-order valence-corrected chi connectivity index (χ1v) is 10.8. The number of pyridine rings is 1. The first-order valence-electron chi connectivity index (χ1n) is 10.8. The lowest BCUT2D eigenvalue weighted by Crippen LogP contribution is -2.41. The molecule has 178 valence electrons. The van der Waals surface area contributed by atoms with Gasteiger partial charge in [-0.3, -0.25) is 4.79 Å². The van der Waals surface area contributed by atoms with Gasteiger partial charge in [-0.25, -0.2) is 4.98 Å². The molecule has 2 heterocycles. The minimum atomic E-state index is -4.46. The third-order valence-electron chi connectivity index (χ3n) is 5.32. The Labute approximate surface area is 195 Å². The molecule has 1 unspecified atom stereocenters. The van der Waals surface area contributed by atoms with Gasteiger partial charge in [-0.05, 0) is 55.0 Å². The van der Waals surface area contributed by atoms with E-state index in [1.165, 1.54) is 18.2 Å². The number of hydrogen-bond acceptors (Lipinski definition) is 5. The highest BCUT2D eigenvalue weighted by Crippen LogP contribution is 2.32. The summed E-state index contributed by atoms with van der Waals surface area (Å²) >= 11 is 0. The standard InChI is InChI=1S/C25H24F3N3O3/c1-17-16-31(10-11-33-17)23-9-8-18(14-29-23)15-30-24(32)19-4-2-6-21(12-19)34-22-7-3-5-20(13-22)25(26,27)28/h2-9,12-14,17H,10-11,15-16H2,1H3,(H,30,32). The number of carbonyl (C=O) groups is 1. The molecule has 34 heavy (non-hydrogen) atoms. The number of anilines is 1. The van der Waals surface area contributed by atoms with E-state index in [1.807, 2.05) is 19.1 Å². The van der Waals surface area contributed by atoms with Crippen molar-refractivity contribution in [3.05, 3.63) is 83.6 Å². The van der Waals surface area contributed by atoms with Crippen molar-refractivity contribution in [2.45, 2.75) is 25.7 Å². The van der Waals surface area contributed by atoms with Gasteiger partial charge in [-0.2, -0.15) is 13.2 Å². The molecule has 0 bridgehead atoms. The average Bonchev–Trinajstić information content (AvgIpc) is 2.83. The van der Waals surface area contributed by atoms with Crippen LogP contribution >= 0.6 is 0 Å². The van der Waals surface area contributed by atoms with Gasteiger partial charge in [0.15, 0.2) is 0 Å². The third kappa shape index (κ3) is 6.05. The van der Waals surface area contributed by atoms with Crippen LogP contribution in [0, 0.1) is 0 Å². The first kappa shape index (κ1) is 23.6. The molecule has 2 aromatic carbocycles. The summed E-state index contributed by atoms with van der Waals surface area (Å²) in [4.78, 5) is 19.3. The van der Waals surface area contributed by atoms with E-state index in [-0.39, 0.29) is 30.1 Å². The fourth-order valence-electron chi connectivity index (χ4n) is 3.59. The van der Waals surface area contributed by atoms with E-state index >= 15 is 0 Å². The van der Waals surface area contributed by atoms with E-state index in [2.05, 4.69) is 15.2 Å². The van der Waals surface area contributed by atoms with Crippen LogP contribution in [0.5, 0.6) is 11.5 Å². The van der Waals surface area contributed by atoms with Crippen molar-refractivity contribution >= 4 is 11.7 Å². The molecule has 0 spiro atoms. The zero-order valence-corrected chi connectivity index (χ0v) is 18.5. The molecule has 1 aliphatic rings. The number of benzene rings is 2. The number of aromatic nitrogens is 1. The Balaban J connectivity index is 1.35. The Morgan fingerprint density at radius 1 is 1.15 bits per heavy atom. The number of hydrogen-bond donors (Lipinski definition) is 1. The molecule has 4 rings (SSSR count). The summed E-state index contributed by atoms with van der Waals surface area (Å²) < 4.78 is 49.8. The second-order valence-corrected chi connectivity index (χ2v) is 7.99. The lowest BCUT2D eigenvalue weighted by molar-refractivity contribution is -0.137. The molecule has 0 saturated carbocycles. The second-order valence-electron chi connectivity index (χ2n) is 7.99. The number of rotatable bonds is 6. The highest BCUT2D eigenvalue weighted by molar-refractivity contribution is 5.94. The fourth-order valence-corrected chi connectivity index (χ4v) is 3.59. The van der Waals surface area contributed by atoms with Crippen LogP contribution in [0.3, 0.4) is 0 Å². The minimum absolute atomic E-state index is 0.0354. The summed E-state index contributed by atoms with van der Waals surface area (Å²) in [7, 11) is 0. The summed E-state index contributed by atoms with van der Waals surface area (Å²) in [5, 5.41) is 2.82. The topological polar surface area (TPSA) is 63.7 Å². The van der Waals surface area contributed by atoms with Gasteiger partial charge in [-0.1, -0.05) is 18.2 Å². The van der Waals surface area contributed by atoms with Crippen LogP contribution in [0.15, 0.2) is 66.9 Å². The number of nitrogens with one attached hydrogen (secondary N) is 1. The van der Waals surface area contributed by atoms with Gasteiger partial charge >= 0.3 is 6.18 Å². The predicted molar refractivity (Wildman–Crippen MR) is 121 cm³/mol. The molecular formula is C25H24F3N3O3. The summed E-state index contributed by atoms with van der Waals surface area (Å²) in [6.45, 7) is 4.53. The largest absolute Gasteiger partial charge is 0.457 e. The average molecular weight is 471 g/mol. The molecular weight excluding hydrogens is 447 g/mol. The molecule has 1 N–H and O–H groups in total. The smallest absolute Gasteiger partial charge is 0.416 e. The van der Waals surface area contributed by atoms with Gasteiger partial charge in [0.1, 0.15) is 17.3 Å². The van der Waals surface area contributed by atoms with Gasteiger partial charge in [0.2, 0.25) is 0 Å². The monoisotopic (exact) mass is 471 g/mol. The maximum Gasteiger partial charge on any atom is 0.416 e. The van der Waals surface area contributed by atoms with Gasteiger partial charge in [0.25, 0.3) is 5.91 Å². The number of alkyl halides is 3. The van der Waals surface area contributed by atoms with Crippen molar-refractivity contribution in [3.63, 3.8) is 0 Å². The number of amides is 1. The van der Waals surface area contributed by atoms with Gasteiger partial charge in [0, 0.05) is 31.4 Å². The van der Waals surface area contributed by atoms with Crippen molar-refractivity contribution in [2.75, 3.05) is 24.6 Å². The molecule has 1 atom stereocenters. The third-order valence-corrected chi connectivity index (χ3v) is 5.32. The van der Waals surface area contributed by atoms with Gasteiger partial charge < -0.3 is 19.7 Å². The first-order chi connectivity index (χ1) is 16.3. The van der Waals surface area contributed by atoms with Crippen LogP contribution in [-0.2, 0) is 17.5 Å². The van der Waals surface area contributed by atoms with Crippen LogP contribution in [0.25, 0.3) is 0 Å². The van der Waals surface area contributed by atoms with Crippen LogP contribution in [0.2, 0.25) is 0 Å². The molecule has 9 heteroatoms. The quantitative estimate of drug-likeness (QED) is 0.545. The molecule has 1 saturated heterocycles. The van der Waals surface area contributed by atoms with Crippen LogP contribution in [-0.4, -0.2) is 36.7 Å². The zero-order valence-electron chi connectivity index (χ0n) is 18.5. The summed E-state index contributed by atoms with van der Waals surface area (Å²) in [6.07, 6.45) is -2.58. The van der Waals surface area contributed by atoms with Crippen LogP contribution in [0.1, 0.15) is 28.4 Å². The Morgan fingerprint density at radius 2 is 1.91 bits per heavy atom. The predicted octanol–water partition coefficient (Wildman–Crippen LogP) is 5.05. The number of morpholine rings is 1. The lowest BCUT2D eigenvalue weighted by Gasteiger charge is -2.32. The maximum atomic E-state index is 12.9. The van der Waals surface area contributed by atoms with Crippen molar-refractivity contribution in [2.24, 2.45) is 0 Å². The van der Waals surface area contributed by atoms with Crippen molar-refractivity contribution in [1.82, 2.24) is 10.3 Å². The molecule has 1 aromatic heterocycles. The van der Waals surface area contributed by atoms with Gasteiger partial charge in [-0.15, -0.1) is 0 Å². The van der Waals surface area contributed by atoms with Crippen LogP contribution in [0.4, 0.5) is 19.0 Å². The Hall–Kier alpha value is -3.59. The highest BCUT2D eigenvalue weighted by Gasteiger charge is 2.30. The summed E-state index contributed by atoms with van der Waals surface area (Å²) in [6, 6.07) is 14.7. The second kappa shape index (κ2) is 10.1. The Bertz CT molecular complexity index is 1140. The number of nitrogens with zero attached hydrogens (tertiary/aromatic N) is 2. The normalized spacial score (nSPS) is 16.2. The van der Waals surface area contributed by atoms with E-state index in [4.69, 9.17) is 9.47 Å². The zero-order chi connectivity index (χ0) is 24.1. The van der Waals surface area contributed by atoms with Gasteiger partial charge in [0.05, 0.1) is 18.3 Å². The number of halogens is 3. The van der Waals surface area contributed by atoms with Crippen LogP contribution < -0.4 is 15.0 Å². The number of carbonyl (C=O) groups excluding carboxylic acids is 1. The molecule has 1 fully saturated rings. The van der Waals surface area contributed by atoms with Crippen molar-refractivity contribution in [1.29, 1.82) is 0 Å². The highest BCUT2D eigenvalue weighted by atomic mass is 19.4. The molecule has 3 aromatic rings. The molecule has 1 aliphatic heterocycles. The van der Waals surface area contributed by atoms with Crippen molar-refractivity contribution < 1.29 is 27.4 Å². The minimum Gasteiger partial charge on any atom is -0.457 e. The van der Waals surface area contributed by atoms with E-state index in [9.17, 15) is 18.0 Å². The summed E-state index contributed by atoms with van der Waals surface area (Å²) in [5.74, 6) is 0.830. The van der Waals surface area contributed by atoms with E-state index < -0.39 is 11.7 Å². The summed E-state index contributed by atoms with van der Waals surface area (Å²) in [5.41, 5.74) is 0.368. The molecule has 1 amide bonds. The molecule has 0 radical (unpaired) electrons. The Kier molecular flexibility index (Phi) is 7.02. The lowest BCUT2D eigenvalue weighted by atomic mass is 10.2. The SMILES string of the molecule is CC1CN(c2ccc(CNC(=O)c3cccc(Oc4cccc(C(F)(F)F)c4)c3)cn2)CCO1.